The van der Waals surface area contributed by atoms with E-state index in [0.717, 1.165) is 31.4 Å². The largest absolute Gasteiger partial charge is 0.475 e. The summed E-state index contributed by atoms with van der Waals surface area (Å²) < 4.78 is 52.3. The van der Waals surface area contributed by atoms with Crippen LogP contribution < -0.4 is 9.64 Å². The summed E-state index contributed by atoms with van der Waals surface area (Å²) in [6.45, 7) is -0.510. The molecule has 4 rings (SSSR count). The van der Waals surface area contributed by atoms with Gasteiger partial charge < -0.3 is 14.4 Å². The molecular formula is C24H27FN2O6S. The second-order valence-electron chi connectivity index (χ2n) is 8.40. The van der Waals surface area contributed by atoms with Crippen LogP contribution in [0.2, 0.25) is 0 Å². The van der Waals surface area contributed by atoms with E-state index < -0.39 is 40.4 Å². The first-order valence-electron chi connectivity index (χ1n) is 11.2. The molecule has 2 aliphatic rings. The Morgan fingerprint density at radius 3 is 2.44 bits per heavy atom. The van der Waals surface area contributed by atoms with Crippen molar-refractivity contribution in [3.63, 3.8) is 0 Å². The standard InChI is InChI=1S/C24H27FN2O6S/c1-32-24(29)22-15-26(20-9-5-6-10-21(20)33-22)23(28)16-27(18-7-3-2-4-8-18)34(30,31)19-13-11-17(25)12-14-19/h5-6,9-14,18,22H,2-4,7-8,15-16H2,1H3/t22-/m0/s1. The summed E-state index contributed by atoms with van der Waals surface area (Å²) in [6, 6.07) is 11.0. The van der Waals surface area contributed by atoms with Crippen molar-refractivity contribution < 1.29 is 31.9 Å². The molecule has 10 heteroatoms. The van der Waals surface area contributed by atoms with Gasteiger partial charge in [0, 0.05) is 6.04 Å². The minimum atomic E-state index is -4.07. The molecule has 1 amide bonds. The van der Waals surface area contributed by atoms with E-state index in [2.05, 4.69) is 0 Å². The Morgan fingerprint density at radius 2 is 1.76 bits per heavy atom. The van der Waals surface area contributed by atoms with E-state index in [0.29, 0.717) is 24.3 Å². The molecule has 1 aliphatic carbocycles. The number of anilines is 1. The lowest BCUT2D eigenvalue weighted by Gasteiger charge is -2.37. The van der Waals surface area contributed by atoms with Crippen molar-refractivity contribution in [2.45, 2.75) is 49.1 Å². The zero-order valence-electron chi connectivity index (χ0n) is 18.9. The molecule has 2 aromatic carbocycles. The number of nitrogens with zero attached hydrogens (tertiary/aromatic N) is 2. The van der Waals surface area contributed by atoms with Gasteiger partial charge >= 0.3 is 5.97 Å². The first-order valence-corrected chi connectivity index (χ1v) is 12.7. The summed E-state index contributed by atoms with van der Waals surface area (Å²) in [5.74, 6) is -1.32. The smallest absolute Gasteiger partial charge is 0.348 e. The number of amides is 1. The fourth-order valence-corrected chi connectivity index (χ4v) is 6.10. The highest BCUT2D eigenvalue weighted by molar-refractivity contribution is 7.89. The topological polar surface area (TPSA) is 93.2 Å². The molecule has 1 aliphatic heterocycles. The zero-order valence-corrected chi connectivity index (χ0v) is 19.7. The van der Waals surface area contributed by atoms with Crippen LogP contribution in [-0.2, 0) is 24.3 Å². The van der Waals surface area contributed by atoms with Crippen LogP contribution in [-0.4, -0.2) is 56.9 Å². The maximum Gasteiger partial charge on any atom is 0.348 e. The summed E-state index contributed by atoms with van der Waals surface area (Å²) in [4.78, 5) is 27.0. The van der Waals surface area contributed by atoms with E-state index in [4.69, 9.17) is 9.47 Å². The molecule has 0 radical (unpaired) electrons. The predicted molar refractivity (Wildman–Crippen MR) is 122 cm³/mol. The van der Waals surface area contributed by atoms with E-state index in [1.807, 2.05) is 0 Å². The van der Waals surface area contributed by atoms with Crippen LogP contribution in [0.1, 0.15) is 32.1 Å². The van der Waals surface area contributed by atoms with E-state index in [-0.39, 0.29) is 17.5 Å². The van der Waals surface area contributed by atoms with Crippen LogP contribution in [0.5, 0.6) is 5.75 Å². The number of hydrogen-bond donors (Lipinski definition) is 0. The number of halogens is 1. The molecule has 0 saturated heterocycles. The van der Waals surface area contributed by atoms with Crippen LogP contribution in [0.25, 0.3) is 0 Å². The Morgan fingerprint density at radius 1 is 1.09 bits per heavy atom. The molecular weight excluding hydrogens is 463 g/mol. The second-order valence-corrected chi connectivity index (χ2v) is 10.3. The molecule has 0 aromatic heterocycles. The van der Waals surface area contributed by atoms with E-state index in [1.165, 1.54) is 28.4 Å². The number of benzene rings is 2. The predicted octanol–water partition coefficient (Wildman–Crippen LogP) is 3.12. The molecule has 0 spiro atoms. The third-order valence-electron chi connectivity index (χ3n) is 6.23. The maximum absolute atomic E-state index is 13.6. The molecule has 1 heterocycles. The van der Waals surface area contributed by atoms with E-state index in [1.54, 1.807) is 24.3 Å². The molecule has 8 nitrogen and oxygen atoms in total. The SMILES string of the molecule is COC(=O)[C@@H]1CN(C(=O)CN(C2CCCCC2)S(=O)(=O)c2ccc(F)cc2)c2ccccc2O1. The third kappa shape index (κ3) is 4.92. The average molecular weight is 491 g/mol. The van der Waals surface area contributed by atoms with Gasteiger partial charge in [-0.15, -0.1) is 0 Å². The van der Waals surface area contributed by atoms with Gasteiger partial charge in [0.2, 0.25) is 22.0 Å². The van der Waals surface area contributed by atoms with Crippen LogP contribution in [0.3, 0.4) is 0 Å². The van der Waals surface area contributed by atoms with Crippen molar-refractivity contribution in [2.24, 2.45) is 0 Å². The Balaban J connectivity index is 1.66. The fourth-order valence-electron chi connectivity index (χ4n) is 4.46. The third-order valence-corrected chi connectivity index (χ3v) is 8.14. The summed E-state index contributed by atoms with van der Waals surface area (Å²) >= 11 is 0. The lowest BCUT2D eigenvalue weighted by Crippen LogP contribution is -2.52. The van der Waals surface area contributed by atoms with E-state index in [9.17, 15) is 22.4 Å². The summed E-state index contributed by atoms with van der Waals surface area (Å²) in [5, 5.41) is 0. The van der Waals surface area contributed by atoms with Gasteiger partial charge in [-0.3, -0.25) is 4.79 Å². The fraction of sp³-hybridized carbons (Fsp3) is 0.417. The van der Waals surface area contributed by atoms with Gasteiger partial charge in [0.25, 0.3) is 0 Å². The molecule has 0 bridgehead atoms. The van der Waals surface area contributed by atoms with Crippen molar-refractivity contribution in [1.82, 2.24) is 4.31 Å². The number of esters is 1. The number of carbonyl (C=O) groups is 2. The monoisotopic (exact) mass is 490 g/mol. The van der Waals surface area contributed by atoms with Crippen molar-refractivity contribution in [3.8, 4) is 5.75 Å². The maximum atomic E-state index is 13.6. The molecule has 1 fully saturated rings. The van der Waals surface area contributed by atoms with Crippen molar-refractivity contribution in [3.05, 3.63) is 54.3 Å². The Labute approximate surface area is 198 Å². The van der Waals surface area contributed by atoms with Gasteiger partial charge in [-0.1, -0.05) is 31.4 Å². The van der Waals surface area contributed by atoms with E-state index >= 15 is 0 Å². The number of para-hydroxylation sites is 2. The van der Waals surface area contributed by atoms with Gasteiger partial charge in [-0.05, 0) is 49.2 Å². The van der Waals surface area contributed by atoms with Crippen molar-refractivity contribution in [1.29, 1.82) is 0 Å². The van der Waals surface area contributed by atoms with Crippen LogP contribution >= 0.6 is 0 Å². The number of rotatable bonds is 6. The van der Waals surface area contributed by atoms with Crippen LogP contribution in [0.15, 0.2) is 53.4 Å². The van der Waals surface area contributed by atoms with Crippen molar-refractivity contribution in [2.75, 3.05) is 25.1 Å². The van der Waals surface area contributed by atoms with Gasteiger partial charge in [-0.25, -0.2) is 17.6 Å². The summed E-state index contributed by atoms with van der Waals surface area (Å²) in [5.41, 5.74) is 0.454. The van der Waals surface area contributed by atoms with Crippen molar-refractivity contribution >= 4 is 27.6 Å². The zero-order chi connectivity index (χ0) is 24.3. The molecule has 1 saturated carbocycles. The second kappa shape index (κ2) is 10.1. The first kappa shape index (κ1) is 24.2. The highest BCUT2D eigenvalue weighted by atomic mass is 32.2. The lowest BCUT2D eigenvalue weighted by atomic mass is 9.95. The molecule has 0 unspecified atom stereocenters. The highest BCUT2D eigenvalue weighted by Gasteiger charge is 2.39. The number of methoxy groups -OCH3 is 1. The Hall–Kier alpha value is -2.98. The molecule has 2 aromatic rings. The Bertz CT molecular complexity index is 1150. The number of fused-ring (bicyclic) bond motifs is 1. The van der Waals surface area contributed by atoms with Gasteiger partial charge in [-0.2, -0.15) is 4.31 Å². The molecule has 1 atom stereocenters. The van der Waals surface area contributed by atoms with Crippen LogP contribution in [0, 0.1) is 5.82 Å². The normalized spacial score (nSPS) is 18.8. The van der Waals surface area contributed by atoms with Crippen LogP contribution in [0.4, 0.5) is 10.1 Å². The highest BCUT2D eigenvalue weighted by Crippen LogP contribution is 2.34. The first-order chi connectivity index (χ1) is 16.3. The molecule has 0 N–H and O–H groups in total. The number of ether oxygens (including phenoxy) is 2. The Kier molecular flexibility index (Phi) is 7.18. The quantitative estimate of drug-likeness (QED) is 0.578. The minimum absolute atomic E-state index is 0.0675. The van der Waals surface area contributed by atoms with Gasteiger partial charge in [0.05, 0.1) is 30.8 Å². The lowest BCUT2D eigenvalue weighted by molar-refractivity contribution is -0.148. The number of hydrogen-bond acceptors (Lipinski definition) is 6. The number of carbonyl (C=O) groups excluding carboxylic acids is 2. The minimum Gasteiger partial charge on any atom is -0.475 e. The molecule has 182 valence electrons. The number of sulfonamides is 1. The summed E-state index contributed by atoms with van der Waals surface area (Å²) in [6.07, 6.45) is 2.97. The molecule has 34 heavy (non-hydrogen) atoms. The van der Waals surface area contributed by atoms with Gasteiger partial charge in [0.15, 0.2) is 0 Å². The summed E-state index contributed by atoms with van der Waals surface area (Å²) in [7, 11) is -2.83. The average Bonchev–Trinajstić information content (AvgIpc) is 2.86. The van der Waals surface area contributed by atoms with Gasteiger partial charge in [0.1, 0.15) is 11.6 Å².